The van der Waals surface area contributed by atoms with Gasteiger partial charge in [-0.3, -0.25) is 19.7 Å². The molecular weight excluding hydrogens is 522 g/mol. The molecule has 0 spiro atoms. The maximum absolute atomic E-state index is 12.8. The van der Waals surface area contributed by atoms with Crippen molar-refractivity contribution < 1.29 is 38.5 Å². The molecule has 0 bridgehead atoms. The van der Waals surface area contributed by atoms with E-state index in [2.05, 4.69) is 27.8 Å². The average Bonchev–Trinajstić information content (AvgIpc) is 2.90. The molecule has 13 heteroatoms. The third-order valence-corrected chi connectivity index (χ3v) is 5.62. The van der Waals surface area contributed by atoms with E-state index >= 15 is 0 Å². The van der Waals surface area contributed by atoms with Gasteiger partial charge in [0.2, 0.25) is 17.7 Å². The first kappa shape index (κ1) is 34.5. The molecule has 1 aromatic rings. The van der Waals surface area contributed by atoms with Gasteiger partial charge in [0.15, 0.2) is 6.35 Å². The molecule has 0 saturated heterocycles. The van der Waals surface area contributed by atoms with Crippen LogP contribution in [-0.2, 0) is 35.2 Å². The van der Waals surface area contributed by atoms with Gasteiger partial charge < -0.3 is 35.3 Å². The zero-order valence-corrected chi connectivity index (χ0v) is 24.1. The topological polar surface area (TPSA) is 168 Å². The van der Waals surface area contributed by atoms with E-state index in [4.69, 9.17) is 14.2 Å². The Morgan fingerprint density at radius 1 is 1.00 bits per heavy atom. The Balaban J connectivity index is 2.61. The lowest BCUT2D eigenvalue weighted by Crippen LogP contribution is -2.53. The standard InChI is InChI=1S/C27H43N5O8/c1-17(2)23(31-22(33)12-13-39-15-14-38-7)25(35)29-19(5)24(34)30-21-10-8-20(9-11-21)16-40-27(37)32(18(3)4)26(36)28-6/h8-11,17,19,23,26,28,36H,3,12-16H2,1-2,4-7H3,(H,29,35)(H,30,34)(H,31,33)/t19-,23-,26?/m0/s1. The molecule has 13 nitrogen and oxygen atoms in total. The van der Waals surface area contributed by atoms with E-state index in [1.165, 1.54) is 14.0 Å². The van der Waals surface area contributed by atoms with Gasteiger partial charge in [0.1, 0.15) is 18.7 Å². The summed E-state index contributed by atoms with van der Waals surface area (Å²) in [6.45, 7) is 11.3. The largest absolute Gasteiger partial charge is 0.444 e. The van der Waals surface area contributed by atoms with Crippen molar-refractivity contribution in [2.24, 2.45) is 5.92 Å². The van der Waals surface area contributed by atoms with Crippen LogP contribution in [0.25, 0.3) is 0 Å². The maximum Gasteiger partial charge on any atom is 0.417 e. The molecule has 40 heavy (non-hydrogen) atoms. The summed E-state index contributed by atoms with van der Waals surface area (Å²) in [5.41, 5.74) is 1.42. The highest BCUT2D eigenvalue weighted by molar-refractivity contribution is 5.98. The van der Waals surface area contributed by atoms with Crippen LogP contribution < -0.4 is 21.3 Å². The Kier molecular flexibility index (Phi) is 15.5. The first-order valence-electron chi connectivity index (χ1n) is 12.9. The molecule has 1 rings (SSSR count). The summed E-state index contributed by atoms with van der Waals surface area (Å²) >= 11 is 0. The number of benzene rings is 1. The quantitative estimate of drug-likeness (QED) is 0.138. The normalized spacial score (nSPS) is 13.1. The minimum absolute atomic E-state index is 0.0681. The number of hydrogen-bond acceptors (Lipinski definition) is 9. The molecule has 0 aliphatic carbocycles. The Morgan fingerprint density at radius 2 is 1.65 bits per heavy atom. The van der Waals surface area contributed by atoms with Gasteiger partial charge in [-0.15, -0.1) is 0 Å². The van der Waals surface area contributed by atoms with E-state index in [9.17, 15) is 24.3 Å². The molecule has 3 atom stereocenters. The first-order chi connectivity index (χ1) is 18.9. The van der Waals surface area contributed by atoms with E-state index in [0.29, 0.717) is 30.2 Å². The van der Waals surface area contributed by atoms with Crippen LogP contribution in [0.15, 0.2) is 36.5 Å². The minimum Gasteiger partial charge on any atom is -0.444 e. The summed E-state index contributed by atoms with van der Waals surface area (Å²) < 4.78 is 15.4. The van der Waals surface area contributed by atoms with Crippen molar-refractivity contribution in [2.45, 2.75) is 59.2 Å². The number of rotatable bonds is 17. The van der Waals surface area contributed by atoms with E-state index < -0.39 is 36.3 Å². The van der Waals surface area contributed by atoms with Crippen LogP contribution in [0.5, 0.6) is 0 Å². The summed E-state index contributed by atoms with van der Waals surface area (Å²) in [6, 6.07) is 4.87. The Morgan fingerprint density at radius 3 is 2.20 bits per heavy atom. The van der Waals surface area contributed by atoms with Gasteiger partial charge in [-0.1, -0.05) is 32.6 Å². The number of aliphatic hydroxyl groups is 1. The van der Waals surface area contributed by atoms with Gasteiger partial charge in [0.05, 0.1) is 19.8 Å². The predicted octanol–water partition coefficient (Wildman–Crippen LogP) is 1.29. The fourth-order valence-corrected chi connectivity index (χ4v) is 3.30. The number of hydrogen-bond donors (Lipinski definition) is 5. The third-order valence-electron chi connectivity index (χ3n) is 5.62. The molecule has 0 aliphatic rings. The van der Waals surface area contributed by atoms with Crippen molar-refractivity contribution in [2.75, 3.05) is 39.3 Å². The molecule has 224 valence electrons. The first-order valence-corrected chi connectivity index (χ1v) is 12.9. The Hall–Kier alpha value is -3.52. The van der Waals surface area contributed by atoms with Gasteiger partial charge in [0, 0.05) is 24.9 Å². The van der Waals surface area contributed by atoms with Gasteiger partial charge in [-0.05, 0) is 44.5 Å². The van der Waals surface area contributed by atoms with Crippen molar-refractivity contribution >= 4 is 29.5 Å². The predicted molar refractivity (Wildman–Crippen MR) is 149 cm³/mol. The van der Waals surface area contributed by atoms with Crippen LogP contribution in [0.2, 0.25) is 0 Å². The zero-order chi connectivity index (χ0) is 30.2. The van der Waals surface area contributed by atoms with E-state index in [1.54, 1.807) is 52.1 Å². The molecule has 5 N–H and O–H groups in total. The lowest BCUT2D eigenvalue weighted by Gasteiger charge is -2.26. The van der Waals surface area contributed by atoms with Crippen molar-refractivity contribution in [1.82, 2.24) is 20.9 Å². The van der Waals surface area contributed by atoms with Crippen LogP contribution in [0.4, 0.5) is 10.5 Å². The molecule has 1 aromatic carbocycles. The molecule has 0 radical (unpaired) electrons. The third kappa shape index (κ3) is 12.1. The van der Waals surface area contributed by atoms with Gasteiger partial charge >= 0.3 is 6.09 Å². The molecule has 0 heterocycles. The van der Waals surface area contributed by atoms with Crippen molar-refractivity contribution in [3.63, 3.8) is 0 Å². The molecule has 0 fully saturated rings. The van der Waals surface area contributed by atoms with E-state index in [1.807, 2.05) is 0 Å². The van der Waals surface area contributed by atoms with Crippen LogP contribution in [0.1, 0.15) is 39.7 Å². The average molecular weight is 566 g/mol. The fraction of sp³-hybridized carbons (Fsp3) is 0.556. The number of amides is 4. The fourth-order valence-electron chi connectivity index (χ4n) is 3.30. The SMILES string of the molecule is C=C(C)N(C(=O)OCc1ccc(NC(=O)[C@H](C)NC(=O)[C@@H](NC(=O)CCOCCOC)C(C)C)cc1)C(O)NC. The number of ether oxygens (including phenoxy) is 3. The molecule has 0 aliphatic heterocycles. The highest BCUT2D eigenvalue weighted by Gasteiger charge is 2.27. The second kappa shape index (κ2) is 17.9. The monoisotopic (exact) mass is 565 g/mol. The number of methoxy groups -OCH3 is 1. The smallest absolute Gasteiger partial charge is 0.417 e. The number of nitrogens with one attached hydrogen (secondary N) is 4. The summed E-state index contributed by atoms with van der Waals surface area (Å²) in [5.74, 6) is -1.47. The second-order valence-corrected chi connectivity index (χ2v) is 9.38. The van der Waals surface area contributed by atoms with Crippen LogP contribution in [0, 0.1) is 5.92 Å². The molecule has 0 saturated carbocycles. The Labute approximate surface area is 235 Å². The van der Waals surface area contributed by atoms with Gasteiger partial charge in [0.25, 0.3) is 0 Å². The maximum atomic E-state index is 12.8. The van der Waals surface area contributed by atoms with Crippen LogP contribution >= 0.6 is 0 Å². The molecule has 1 unspecified atom stereocenters. The number of nitrogens with zero attached hydrogens (tertiary/aromatic N) is 1. The zero-order valence-electron chi connectivity index (χ0n) is 24.1. The number of carbonyl (C=O) groups excluding carboxylic acids is 4. The number of carbonyl (C=O) groups is 4. The van der Waals surface area contributed by atoms with Gasteiger partial charge in [-0.25, -0.2) is 9.69 Å². The summed E-state index contributed by atoms with van der Waals surface area (Å²) in [4.78, 5) is 51.0. The summed E-state index contributed by atoms with van der Waals surface area (Å²) in [5, 5.41) is 20.5. The minimum atomic E-state index is -1.28. The van der Waals surface area contributed by atoms with Crippen molar-refractivity contribution in [1.29, 1.82) is 0 Å². The lowest BCUT2D eigenvalue weighted by atomic mass is 10.0. The number of aliphatic hydroxyl groups excluding tert-OH is 1. The highest BCUT2D eigenvalue weighted by Crippen LogP contribution is 2.13. The highest BCUT2D eigenvalue weighted by atomic mass is 16.6. The number of allylic oxidation sites excluding steroid dienone is 1. The number of anilines is 1. The summed E-state index contributed by atoms with van der Waals surface area (Å²) in [7, 11) is 3.04. The van der Waals surface area contributed by atoms with Gasteiger partial charge in [-0.2, -0.15) is 0 Å². The second-order valence-electron chi connectivity index (χ2n) is 9.38. The van der Waals surface area contributed by atoms with E-state index in [-0.39, 0.29) is 31.5 Å². The van der Waals surface area contributed by atoms with Crippen LogP contribution in [0.3, 0.4) is 0 Å². The Bertz CT molecular complexity index is 986. The van der Waals surface area contributed by atoms with Crippen molar-refractivity contribution in [3.05, 3.63) is 42.1 Å². The molecular formula is C27H43N5O8. The van der Waals surface area contributed by atoms with E-state index in [0.717, 1.165) is 4.90 Å². The molecule has 0 aromatic heterocycles. The lowest BCUT2D eigenvalue weighted by molar-refractivity contribution is -0.132. The van der Waals surface area contributed by atoms with Crippen molar-refractivity contribution in [3.8, 4) is 0 Å². The van der Waals surface area contributed by atoms with Crippen LogP contribution in [-0.4, -0.2) is 86.2 Å². The molecule has 4 amide bonds. The summed E-state index contributed by atoms with van der Waals surface area (Å²) in [6.07, 6.45) is -1.96.